The van der Waals surface area contributed by atoms with Crippen LogP contribution in [0.2, 0.25) is 0 Å². The summed E-state index contributed by atoms with van der Waals surface area (Å²) in [5, 5.41) is 15.9. The lowest BCUT2D eigenvalue weighted by Crippen LogP contribution is -2.42. The van der Waals surface area contributed by atoms with E-state index in [2.05, 4.69) is 51.9 Å². The first-order valence-electron chi connectivity index (χ1n) is 10.4. The molecule has 5 heteroatoms. The van der Waals surface area contributed by atoms with E-state index >= 15 is 0 Å². The fraction of sp³-hybridized carbons (Fsp3) is 0.240. The fourth-order valence-electron chi connectivity index (χ4n) is 3.77. The van der Waals surface area contributed by atoms with Crippen LogP contribution in [0.4, 0.5) is 0 Å². The smallest absolute Gasteiger partial charge is 0.251 e. The highest BCUT2D eigenvalue weighted by molar-refractivity contribution is 5.94. The van der Waals surface area contributed by atoms with Gasteiger partial charge in [-0.1, -0.05) is 42.5 Å². The highest BCUT2D eigenvalue weighted by atomic mass is 16.3. The van der Waals surface area contributed by atoms with Crippen molar-refractivity contribution in [2.24, 2.45) is 0 Å². The minimum Gasteiger partial charge on any atom is -0.508 e. The molecule has 0 bridgehead atoms. The summed E-state index contributed by atoms with van der Waals surface area (Å²) >= 11 is 0. The molecule has 30 heavy (non-hydrogen) atoms. The van der Waals surface area contributed by atoms with Crippen molar-refractivity contribution in [1.29, 1.82) is 0 Å². The number of nitrogens with zero attached hydrogens (tertiary/aromatic N) is 1. The van der Waals surface area contributed by atoms with Gasteiger partial charge in [0, 0.05) is 44.8 Å². The number of piperazine rings is 1. The van der Waals surface area contributed by atoms with Crippen LogP contribution in [-0.2, 0) is 13.1 Å². The Morgan fingerprint density at radius 1 is 0.900 bits per heavy atom. The van der Waals surface area contributed by atoms with Gasteiger partial charge in [0.1, 0.15) is 5.75 Å². The Morgan fingerprint density at radius 3 is 2.30 bits per heavy atom. The first-order chi connectivity index (χ1) is 14.7. The molecule has 4 rings (SSSR count). The topological polar surface area (TPSA) is 64.6 Å². The summed E-state index contributed by atoms with van der Waals surface area (Å²) in [6.45, 7) is 5.67. The van der Waals surface area contributed by atoms with Gasteiger partial charge in [-0.25, -0.2) is 0 Å². The summed E-state index contributed by atoms with van der Waals surface area (Å²) in [6, 6.07) is 23.3. The zero-order valence-corrected chi connectivity index (χ0v) is 17.0. The van der Waals surface area contributed by atoms with E-state index in [9.17, 15) is 9.90 Å². The van der Waals surface area contributed by atoms with Gasteiger partial charge in [-0.15, -0.1) is 0 Å². The summed E-state index contributed by atoms with van der Waals surface area (Å²) in [5.74, 6) is -0.111. The second-order valence-corrected chi connectivity index (χ2v) is 7.66. The highest BCUT2D eigenvalue weighted by Gasteiger charge is 2.11. The Labute approximate surface area is 177 Å². The van der Waals surface area contributed by atoms with Crippen LogP contribution in [0.5, 0.6) is 5.75 Å². The Hall–Kier alpha value is -3.15. The van der Waals surface area contributed by atoms with Gasteiger partial charge in [0.15, 0.2) is 0 Å². The standard InChI is InChI=1S/C25H27N3O2/c29-24-9-3-8-23(16-24)25(30)27-17-19-4-1-6-21(14-19)22-7-2-5-20(15-22)18-28-12-10-26-11-13-28/h1-9,14-16,26,29H,10-13,17-18H2,(H,27,30). The molecular formula is C25H27N3O2. The average Bonchev–Trinajstić information content (AvgIpc) is 2.78. The lowest BCUT2D eigenvalue weighted by Gasteiger charge is -2.27. The zero-order valence-electron chi connectivity index (χ0n) is 17.0. The van der Waals surface area contributed by atoms with E-state index in [0.29, 0.717) is 12.1 Å². The number of amides is 1. The lowest BCUT2D eigenvalue weighted by atomic mass is 10.0. The second-order valence-electron chi connectivity index (χ2n) is 7.66. The van der Waals surface area contributed by atoms with Gasteiger partial charge in [0.25, 0.3) is 5.91 Å². The van der Waals surface area contributed by atoms with Crippen molar-refractivity contribution in [3.63, 3.8) is 0 Å². The van der Waals surface area contributed by atoms with Crippen LogP contribution >= 0.6 is 0 Å². The molecule has 1 saturated heterocycles. The van der Waals surface area contributed by atoms with Crippen LogP contribution in [0.25, 0.3) is 11.1 Å². The number of benzene rings is 3. The van der Waals surface area contributed by atoms with Gasteiger partial charge >= 0.3 is 0 Å². The molecule has 1 amide bonds. The molecule has 0 radical (unpaired) electrons. The molecule has 1 aliphatic heterocycles. The Balaban J connectivity index is 1.42. The van der Waals surface area contributed by atoms with E-state index in [1.165, 1.54) is 17.2 Å². The van der Waals surface area contributed by atoms with Gasteiger partial charge in [-0.05, 0) is 52.6 Å². The third kappa shape index (κ3) is 5.26. The monoisotopic (exact) mass is 401 g/mol. The molecule has 3 aromatic rings. The average molecular weight is 402 g/mol. The molecule has 3 aromatic carbocycles. The minimum absolute atomic E-state index is 0.0883. The number of aromatic hydroxyl groups is 1. The lowest BCUT2D eigenvalue weighted by molar-refractivity contribution is 0.0950. The zero-order chi connectivity index (χ0) is 20.8. The van der Waals surface area contributed by atoms with Crippen molar-refractivity contribution in [2.45, 2.75) is 13.1 Å². The van der Waals surface area contributed by atoms with Crippen molar-refractivity contribution < 1.29 is 9.90 Å². The molecule has 5 nitrogen and oxygen atoms in total. The fourth-order valence-corrected chi connectivity index (χ4v) is 3.77. The van der Waals surface area contributed by atoms with E-state index in [-0.39, 0.29) is 11.7 Å². The van der Waals surface area contributed by atoms with Crippen LogP contribution in [0.3, 0.4) is 0 Å². The van der Waals surface area contributed by atoms with Crippen molar-refractivity contribution in [1.82, 2.24) is 15.5 Å². The van der Waals surface area contributed by atoms with Crippen molar-refractivity contribution in [3.05, 3.63) is 89.5 Å². The summed E-state index contributed by atoms with van der Waals surface area (Å²) < 4.78 is 0. The van der Waals surface area contributed by atoms with Gasteiger partial charge in [0.2, 0.25) is 0 Å². The molecule has 0 unspecified atom stereocenters. The largest absolute Gasteiger partial charge is 0.508 e. The number of carbonyl (C=O) groups is 1. The Morgan fingerprint density at radius 2 is 1.57 bits per heavy atom. The maximum Gasteiger partial charge on any atom is 0.251 e. The van der Waals surface area contributed by atoms with E-state index in [0.717, 1.165) is 43.9 Å². The maximum absolute atomic E-state index is 12.3. The van der Waals surface area contributed by atoms with E-state index in [1.807, 2.05) is 12.1 Å². The van der Waals surface area contributed by atoms with Crippen LogP contribution in [-0.4, -0.2) is 42.1 Å². The van der Waals surface area contributed by atoms with Crippen molar-refractivity contribution in [3.8, 4) is 16.9 Å². The normalized spacial score (nSPS) is 14.4. The summed E-state index contributed by atoms with van der Waals surface area (Å²) in [7, 11) is 0. The first kappa shape index (κ1) is 20.1. The molecule has 0 aromatic heterocycles. The SMILES string of the molecule is O=C(NCc1cccc(-c2cccc(CN3CCNCC3)c2)c1)c1cccc(O)c1. The van der Waals surface area contributed by atoms with Gasteiger partial charge in [-0.3, -0.25) is 9.69 Å². The molecule has 0 spiro atoms. The second kappa shape index (κ2) is 9.57. The molecule has 0 atom stereocenters. The molecule has 1 heterocycles. The number of phenols is 1. The summed E-state index contributed by atoms with van der Waals surface area (Å²) in [6.07, 6.45) is 0. The first-order valence-corrected chi connectivity index (χ1v) is 10.4. The number of nitrogens with one attached hydrogen (secondary N) is 2. The van der Waals surface area contributed by atoms with Crippen LogP contribution in [0, 0.1) is 0 Å². The molecular weight excluding hydrogens is 374 g/mol. The van der Waals surface area contributed by atoms with Crippen LogP contribution in [0.15, 0.2) is 72.8 Å². The van der Waals surface area contributed by atoms with Gasteiger partial charge in [-0.2, -0.15) is 0 Å². The molecule has 1 fully saturated rings. The number of hydrogen-bond donors (Lipinski definition) is 3. The maximum atomic E-state index is 12.3. The van der Waals surface area contributed by atoms with Crippen molar-refractivity contribution >= 4 is 5.91 Å². The quantitative estimate of drug-likeness (QED) is 0.592. The molecule has 0 aliphatic carbocycles. The molecule has 0 saturated carbocycles. The van der Waals surface area contributed by atoms with Crippen molar-refractivity contribution in [2.75, 3.05) is 26.2 Å². The third-order valence-electron chi connectivity index (χ3n) is 5.36. The van der Waals surface area contributed by atoms with E-state index in [1.54, 1.807) is 18.2 Å². The number of carbonyl (C=O) groups excluding carboxylic acids is 1. The van der Waals surface area contributed by atoms with E-state index in [4.69, 9.17) is 0 Å². The van der Waals surface area contributed by atoms with Gasteiger partial charge in [0.05, 0.1) is 0 Å². The van der Waals surface area contributed by atoms with E-state index < -0.39 is 0 Å². The minimum atomic E-state index is -0.200. The van der Waals surface area contributed by atoms with Crippen LogP contribution in [0.1, 0.15) is 21.5 Å². The third-order valence-corrected chi connectivity index (χ3v) is 5.36. The Bertz CT molecular complexity index is 1010. The van der Waals surface area contributed by atoms with Gasteiger partial charge < -0.3 is 15.7 Å². The number of hydrogen-bond acceptors (Lipinski definition) is 4. The predicted octanol–water partition coefficient (Wildman–Crippen LogP) is 3.39. The Kier molecular flexibility index (Phi) is 6.42. The summed E-state index contributed by atoms with van der Waals surface area (Å²) in [4.78, 5) is 14.8. The molecule has 154 valence electrons. The summed E-state index contributed by atoms with van der Waals surface area (Å²) in [5.41, 5.74) is 5.13. The van der Waals surface area contributed by atoms with Crippen LogP contribution < -0.4 is 10.6 Å². The molecule has 3 N–H and O–H groups in total. The number of rotatable bonds is 6. The highest BCUT2D eigenvalue weighted by Crippen LogP contribution is 2.22. The number of phenolic OH excluding ortho intramolecular Hbond substituents is 1. The molecule has 1 aliphatic rings. The predicted molar refractivity (Wildman–Crippen MR) is 119 cm³/mol.